The van der Waals surface area contributed by atoms with Crippen LogP contribution in [0.5, 0.6) is 0 Å². The van der Waals surface area contributed by atoms with Crippen molar-refractivity contribution in [1.82, 2.24) is 39.9 Å². The minimum Gasteiger partial charge on any atom is -0.238 e. The molecule has 0 aliphatic rings. The van der Waals surface area contributed by atoms with E-state index in [2.05, 4.69) is 30.8 Å². The maximum atomic E-state index is 4.50. The molecule has 24 heavy (non-hydrogen) atoms. The second-order valence-electron chi connectivity index (χ2n) is 5.23. The van der Waals surface area contributed by atoms with E-state index < -0.39 is 0 Å². The van der Waals surface area contributed by atoms with E-state index in [1.54, 1.807) is 0 Å². The highest BCUT2D eigenvalue weighted by atomic mass is 15.6. The Labute approximate surface area is 135 Å². The molecule has 0 amide bonds. The van der Waals surface area contributed by atoms with Crippen molar-refractivity contribution in [3.8, 4) is 22.6 Å². The van der Waals surface area contributed by atoms with Gasteiger partial charge >= 0.3 is 0 Å². The van der Waals surface area contributed by atoms with Gasteiger partial charge in [0.2, 0.25) is 0 Å². The summed E-state index contributed by atoms with van der Waals surface area (Å²) < 4.78 is 3.22. The number of benzene rings is 2. The molecule has 5 rings (SSSR count). The van der Waals surface area contributed by atoms with Crippen LogP contribution >= 0.6 is 0 Å². The van der Waals surface area contributed by atoms with Crippen LogP contribution in [0.4, 0.5) is 0 Å². The fraction of sp³-hybridized carbons (Fsp3) is 0. The first-order valence-corrected chi connectivity index (χ1v) is 7.36. The first-order valence-electron chi connectivity index (χ1n) is 7.36. The smallest absolute Gasteiger partial charge is 0.238 e. The van der Waals surface area contributed by atoms with Gasteiger partial charge in [-0.15, -0.1) is 15.3 Å². The first-order chi connectivity index (χ1) is 11.9. The Hall–Kier alpha value is -3.68. The van der Waals surface area contributed by atoms with Gasteiger partial charge in [-0.1, -0.05) is 70.4 Å². The summed E-state index contributed by atoms with van der Waals surface area (Å²) in [4.78, 5) is 0. The van der Waals surface area contributed by atoms with E-state index in [4.69, 9.17) is 0 Å². The third-order valence-electron chi connectivity index (χ3n) is 3.79. The molecule has 0 spiro atoms. The molecule has 0 fully saturated rings. The largest absolute Gasteiger partial charge is 0.279 e. The van der Waals surface area contributed by atoms with Crippen molar-refractivity contribution < 1.29 is 0 Å². The van der Waals surface area contributed by atoms with Crippen molar-refractivity contribution in [2.45, 2.75) is 0 Å². The molecule has 3 aromatic heterocycles. The summed E-state index contributed by atoms with van der Waals surface area (Å²) in [7, 11) is 0. The van der Waals surface area contributed by atoms with Crippen LogP contribution in [0.15, 0.2) is 60.7 Å². The standard InChI is InChI=1S/C16H10N8/c1-3-7-11(8-4-1)13-15-18-17-14(12-9-5-2-6-10-12)23(15)16-19-21-22-24(16)20-13/h1-10H. The molecule has 0 aliphatic heterocycles. The Balaban J connectivity index is 1.91. The molecule has 8 heteroatoms. The second-order valence-corrected chi connectivity index (χ2v) is 5.23. The predicted molar refractivity (Wildman–Crippen MR) is 86.0 cm³/mol. The Morgan fingerprint density at radius 3 is 2.17 bits per heavy atom. The molecule has 2 aromatic carbocycles. The van der Waals surface area contributed by atoms with Gasteiger partial charge in [-0.3, -0.25) is 0 Å². The van der Waals surface area contributed by atoms with Crippen molar-refractivity contribution >= 4 is 11.4 Å². The van der Waals surface area contributed by atoms with Gasteiger partial charge in [0.25, 0.3) is 5.78 Å². The number of hydrogen-bond acceptors (Lipinski definition) is 6. The van der Waals surface area contributed by atoms with Crippen molar-refractivity contribution in [2.24, 2.45) is 0 Å². The molecule has 0 saturated heterocycles. The monoisotopic (exact) mass is 314 g/mol. The summed E-state index contributed by atoms with van der Waals surface area (Å²) in [5.74, 6) is 1.14. The Morgan fingerprint density at radius 1 is 0.708 bits per heavy atom. The molecule has 5 aromatic rings. The van der Waals surface area contributed by atoms with E-state index in [1.807, 2.05) is 65.1 Å². The number of nitrogens with zero attached hydrogens (tertiary/aromatic N) is 8. The third kappa shape index (κ3) is 1.80. The summed E-state index contributed by atoms with van der Waals surface area (Å²) in [6, 6.07) is 19.6. The number of fused-ring (bicyclic) bond motifs is 3. The van der Waals surface area contributed by atoms with Crippen LogP contribution in [0.2, 0.25) is 0 Å². The molecule has 0 unspecified atom stereocenters. The molecule has 0 bridgehead atoms. The van der Waals surface area contributed by atoms with Gasteiger partial charge in [0.05, 0.1) is 0 Å². The summed E-state index contributed by atoms with van der Waals surface area (Å²) in [6.07, 6.45) is 0. The Bertz CT molecular complexity index is 1140. The highest BCUT2D eigenvalue weighted by Crippen LogP contribution is 2.25. The maximum absolute atomic E-state index is 4.50. The highest BCUT2D eigenvalue weighted by molar-refractivity contribution is 5.77. The third-order valence-corrected chi connectivity index (χ3v) is 3.79. The van der Waals surface area contributed by atoms with Crippen LogP contribution < -0.4 is 0 Å². The molecular formula is C16H10N8. The molecule has 0 saturated carbocycles. The fourth-order valence-electron chi connectivity index (χ4n) is 2.70. The summed E-state index contributed by atoms with van der Waals surface area (Å²) in [5.41, 5.74) is 3.14. The van der Waals surface area contributed by atoms with E-state index in [0.29, 0.717) is 22.9 Å². The van der Waals surface area contributed by atoms with Crippen LogP contribution in [-0.2, 0) is 0 Å². The van der Waals surface area contributed by atoms with Crippen LogP contribution in [0.1, 0.15) is 0 Å². The van der Waals surface area contributed by atoms with Gasteiger partial charge in [-0.05, 0) is 10.4 Å². The lowest BCUT2D eigenvalue weighted by Crippen LogP contribution is -2.05. The van der Waals surface area contributed by atoms with E-state index in [-0.39, 0.29) is 0 Å². The topological polar surface area (TPSA) is 86.2 Å². The van der Waals surface area contributed by atoms with Gasteiger partial charge in [0.1, 0.15) is 5.69 Å². The van der Waals surface area contributed by atoms with E-state index in [0.717, 1.165) is 11.1 Å². The zero-order valence-corrected chi connectivity index (χ0v) is 12.4. The van der Waals surface area contributed by atoms with E-state index in [9.17, 15) is 0 Å². The number of tetrazole rings is 1. The minimum atomic E-state index is 0.466. The lowest BCUT2D eigenvalue weighted by Gasteiger charge is -2.04. The molecule has 3 heterocycles. The highest BCUT2D eigenvalue weighted by Gasteiger charge is 2.19. The molecule has 0 aliphatic carbocycles. The fourth-order valence-corrected chi connectivity index (χ4v) is 2.70. The van der Waals surface area contributed by atoms with Crippen LogP contribution in [0, 0.1) is 0 Å². The Morgan fingerprint density at radius 2 is 1.42 bits per heavy atom. The van der Waals surface area contributed by atoms with Crippen molar-refractivity contribution in [2.75, 3.05) is 0 Å². The molecule has 0 N–H and O–H groups in total. The maximum Gasteiger partial charge on any atom is 0.279 e. The number of hydrogen-bond donors (Lipinski definition) is 0. The quantitative estimate of drug-likeness (QED) is 0.494. The molecule has 0 radical (unpaired) electrons. The van der Waals surface area contributed by atoms with Gasteiger partial charge in [0, 0.05) is 11.1 Å². The number of aromatic nitrogens is 8. The average Bonchev–Trinajstić information content (AvgIpc) is 3.29. The number of rotatable bonds is 2. The molecule has 114 valence electrons. The zero-order chi connectivity index (χ0) is 15.9. The molecule has 8 nitrogen and oxygen atoms in total. The lowest BCUT2D eigenvalue weighted by atomic mass is 10.1. The van der Waals surface area contributed by atoms with Crippen LogP contribution in [-0.4, -0.2) is 39.9 Å². The van der Waals surface area contributed by atoms with Crippen molar-refractivity contribution in [3.63, 3.8) is 0 Å². The van der Waals surface area contributed by atoms with Crippen molar-refractivity contribution in [1.29, 1.82) is 0 Å². The van der Waals surface area contributed by atoms with Crippen LogP contribution in [0.3, 0.4) is 0 Å². The minimum absolute atomic E-state index is 0.466. The normalized spacial score (nSPS) is 11.3. The van der Waals surface area contributed by atoms with Gasteiger partial charge < -0.3 is 0 Å². The summed E-state index contributed by atoms with van der Waals surface area (Å²) >= 11 is 0. The van der Waals surface area contributed by atoms with Crippen LogP contribution in [0.25, 0.3) is 34.1 Å². The zero-order valence-electron chi connectivity index (χ0n) is 12.4. The second kappa shape index (κ2) is 4.92. The lowest BCUT2D eigenvalue weighted by molar-refractivity contribution is 0.728. The van der Waals surface area contributed by atoms with Gasteiger partial charge in [0.15, 0.2) is 11.5 Å². The van der Waals surface area contributed by atoms with Gasteiger partial charge in [-0.2, -0.15) is 0 Å². The van der Waals surface area contributed by atoms with E-state index >= 15 is 0 Å². The molecular weight excluding hydrogens is 304 g/mol. The SMILES string of the molecule is c1ccc(-c2nn3nnnc3n3c(-c4ccccc4)nnc23)cc1. The van der Waals surface area contributed by atoms with Crippen molar-refractivity contribution in [3.05, 3.63) is 60.7 Å². The summed E-state index contributed by atoms with van der Waals surface area (Å²) in [6.45, 7) is 0. The van der Waals surface area contributed by atoms with Gasteiger partial charge in [-0.25, -0.2) is 4.40 Å². The van der Waals surface area contributed by atoms with E-state index in [1.165, 1.54) is 4.63 Å². The average molecular weight is 314 g/mol. The molecule has 0 atom stereocenters. The Kier molecular flexibility index (Phi) is 2.63. The first kappa shape index (κ1) is 12.8. The predicted octanol–water partition coefficient (Wildman–Crippen LogP) is 1.90. The summed E-state index contributed by atoms with van der Waals surface area (Å²) in [5, 5.41) is 24.9.